The molecule has 0 aromatic carbocycles. The Hall–Kier alpha value is -1.22. The first kappa shape index (κ1) is 23.1. The molecule has 0 spiro atoms. The molecule has 0 radical (unpaired) electrons. The van der Waals surface area contributed by atoms with Crippen molar-refractivity contribution in [2.45, 2.75) is 57.6 Å². The molecule has 8 heteroatoms. The van der Waals surface area contributed by atoms with Gasteiger partial charge in [0.25, 0.3) is 0 Å². The summed E-state index contributed by atoms with van der Waals surface area (Å²) in [7, 11) is 0. The number of carbonyl (C=O) groups is 2. The maximum Gasteiger partial charge on any atom is 0.227 e. The number of nitrogens with zero attached hydrogens (tertiary/aromatic N) is 2. The number of aliphatic hydroxyl groups excluding tert-OH is 1. The van der Waals surface area contributed by atoms with Crippen molar-refractivity contribution in [3.05, 3.63) is 0 Å². The molecule has 162 valence electrons. The molecular weight excluding hydrogens is 362 g/mol. The third kappa shape index (κ3) is 5.89. The van der Waals surface area contributed by atoms with Crippen molar-refractivity contribution < 1.29 is 24.5 Å². The fourth-order valence-corrected chi connectivity index (χ4v) is 3.79. The number of rotatable bonds is 7. The van der Waals surface area contributed by atoms with Crippen LogP contribution < -0.4 is 5.73 Å². The van der Waals surface area contributed by atoms with Gasteiger partial charge in [-0.3, -0.25) is 9.59 Å². The van der Waals surface area contributed by atoms with Crippen LogP contribution in [0.5, 0.6) is 0 Å². The number of hydrogen-bond acceptors (Lipinski definition) is 6. The lowest BCUT2D eigenvalue weighted by molar-refractivity contribution is -0.145. The molecule has 2 saturated heterocycles. The van der Waals surface area contributed by atoms with E-state index in [2.05, 4.69) is 0 Å². The summed E-state index contributed by atoms with van der Waals surface area (Å²) in [6, 6.07) is 0. The molecular formula is C20H37N3O5. The molecule has 2 fully saturated rings. The first-order chi connectivity index (χ1) is 13.1. The van der Waals surface area contributed by atoms with Gasteiger partial charge < -0.3 is 30.5 Å². The van der Waals surface area contributed by atoms with Crippen LogP contribution in [0.2, 0.25) is 0 Å². The van der Waals surface area contributed by atoms with Crippen molar-refractivity contribution in [1.82, 2.24) is 9.80 Å². The lowest BCUT2D eigenvalue weighted by Crippen LogP contribution is -2.55. The summed E-state index contributed by atoms with van der Waals surface area (Å²) in [5.41, 5.74) is 4.53. The molecule has 0 aliphatic carbocycles. The van der Waals surface area contributed by atoms with E-state index in [1.807, 2.05) is 20.8 Å². The first-order valence-electron chi connectivity index (χ1n) is 10.4. The van der Waals surface area contributed by atoms with Gasteiger partial charge in [0.15, 0.2) is 0 Å². The molecule has 2 rings (SSSR count). The zero-order valence-electron chi connectivity index (χ0n) is 17.5. The van der Waals surface area contributed by atoms with Gasteiger partial charge in [-0.05, 0) is 25.7 Å². The van der Waals surface area contributed by atoms with Crippen LogP contribution in [-0.4, -0.2) is 89.0 Å². The molecule has 28 heavy (non-hydrogen) atoms. The smallest absolute Gasteiger partial charge is 0.227 e. The van der Waals surface area contributed by atoms with Gasteiger partial charge in [-0.2, -0.15) is 0 Å². The van der Waals surface area contributed by atoms with E-state index in [0.29, 0.717) is 51.9 Å². The van der Waals surface area contributed by atoms with Crippen LogP contribution in [-0.2, 0) is 14.3 Å². The van der Waals surface area contributed by atoms with Crippen molar-refractivity contribution in [2.75, 3.05) is 46.0 Å². The molecule has 0 aromatic heterocycles. The quantitative estimate of drug-likeness (QED) is 0.553. The van der Waals surface area contributed by atoms with Crippen molar-refractivity contribution in [1.29, 1.82) is 0 Å². The summed E-state index contributed by atoms with van der Waals surface area (Å²) in [5.74, 6) is -0.202. The van der Waals surface area contributed by atoms with Crippen LogP contribution in [0.4, 0.5) is 0 Å². The van der Waals surface area contributed by atoms with Gasteiger partial charge in [0.2, 0.25) is 11.8 Å². The summed E-state index contributed by atoms with van der Waals surface area (Å²) in [6.07, 6.45) is 2.15. The lowest BCUT2D eigenvalue weighted by Gasteiger charge is -2.39. The van der Waals surface area contributed by atoms with Gasteiger partial charge in [0.05, 0.1) is 31.3 Å². The zero-order chi connectivity index (χ0) is 20.9. The average Bonchev–Trinajstić information content (AvgIpc) is 2.68. The largest absolute Gasteiger partial charge is 0.394 e. The molecule has 0 aromatic rings. The van der Waals surface area contributed by atoms with Gasteiger partial charge in [0, 0.05) is 37.6 Å². The summed E-state index contributed by atoms with van der Waals surface area (Å²) in [4.78, 5) is 28.2. The van der Waals surface area contributed by atoms with Crippen LogP contribution in [0.3, 0.4) is 0 Å². The lowest BCUT2D eigenvalue weighted by atomic mass is 9.89. The van der Waals surface area contributed by atoms with E-state index in [1.54, 1.807) is 9.80 Å². The Labute approximate surface area is 168 Å². The Balaban J connectivity index is 1.71. The highest BCUT2D eigenvalue weighted by atomic mass is 16.5. The highest BCUT2D eigenvalue weighted by Crippen LogP contribution is 2.24. The normalized spacial score (nSPS) is 23.0. The Bertz CT molecular complexity index is 538. The first-order valence-corrected chi connectivity index (χ1v) is 10.4. The summed E-state index contributed by atoms with van der Waals surface area (Å²) in [6.45, 7) is 8.10. The van der Waals surface area contributed by atoms with E-state index >= 15 is 0 Å². The molecule has 2 amide bonds. The Kier molecular flexibility index (Phi) is 7.84. The van der Waals surface area contributed by atoms with E-state index < -0.39 is 11.1 Å². The van der Waals surface area contributed by atoms with Gasteiger partial charge in [-0.15, -0.1) is 0 Å². The van der Waals surface area contributed by atoms with Crippen molar-refractivity contribution in [3.63, 3.8) is 0 Å². The molecule has 4 N–H and O–H groups in total. The topological polar surface area (TPSA) is 116 Å². The van der Waals surface area contributed by atoms with Crippen LogP contribution >= 0.6 is 0 Å². The third-order valence-corrected chi connectivity index (χ3v) is 6.05. The summed E-state index contributed by atoms with van der Waals surface area (Å²) < 4.78 is 5.69. The minimum absolute atomic E-state index is 0.0179. The van der Waals surface area contributed by atoms with Gasteiger partial charge >= 0.3 is 0 Å². The fourth-order valence-electron chi connectivity index (χ4n) is 3.79. The van der Waals surface area contributed by atoms with E-state index in [0.717, 1.165) is 0 Å². The molecule has 8 nitrogen and oxygen atoms in total. The molecule has 2 aliphatic rings. The minimum atomic E-state index is -0.943. The highest BCUT2D eigenvalue weighted by molar-refractivity contribution is 5.79. The molecule has 1 unspecified atom stereocenters. The molecule has 0 bridgehead atoms. The predicted molar refractivity (Wildman–Crippen MR) is 105 cm³/mol. The number of nitrogens with two attached hydrogens (primary N) is 1. The van der Waals surface area contributed by atoms with Gasteiger partial charge in [-0.1, -0.05) is 20.8 Å². The maximum absolute atomic E-state index is 12.6. The van der Waals surface area contributed by atoms with Gasteiger partial charge in [-0.25, -0.2) is 0 Å². The fraction of sp³-hybridized carbons (Fsp3) is 0.900. The molecule has 0 saturated carbocycles. The number of aliphatic hydroxyl groups is 2. The number of hydrogen-bond donors (Lipinski definition) is 3. The van der Waals surface area contributed by atoms with E-state index in [9.17, 15) is 19.8 Å². The predicted octanol–water partition coefficient (Wildman–Crippen LogP) is -0.0392. The molecule has 2 heterocycles. The van der Waals surface area contributed by atoms with Crippen molar-refractivity contribution in [3.8, 4) is 0 Å². The second-order valence-corrected chi connectivity index (χ2v) is 8.97. The van der Waals surface area contributed by atoms with E-state index in [-0.39, 0.29) is 43.5 Å². The summed E-state index contributed by atoms with van der Waals surface area (Å²) >= 11 is 0. The Morgan fingerprint density at radius 2 is 1.50 bits per heavy atom. The maximum atomic E-state index is 12.6. The number of amides is 2. The minimum Gasteiger partial charge on any atom is -0.394 e. The highest BCUT2D eigenvalue weighted by Gasteiger charge is 2.36. The number of piperidine rings is 2. The monoisotopic (exact) mass is 399 g/mol. The van der Waals surface area contributed by atoms with Crippen LogP contribution in [0, 0.1) is 11.8 Å². The second kappa shape index (κ2) is 9.52. The molecule has 2 aliphatic heterocycles. The SMILES string of the molecule is CC(C)C(=O)N1CCC(O)(COCC(C)C(=O)N2CCC(N)(CO)CC2)CC1. The van der Waals surface area contributed by atoms with Crippen LogP contribution in [0.1, 0.15) is 46.5 Å². The van der Waals surface area contributed by atoms with Crippen LogP contribution in [0.25, 0.3) is 0 Å². The number of ether oxygens (including phenoxy) is 1. The molecule has 1 atom stereocenters. The Morgan fingerprint density at radius 3 is 2.00 bits per heavy atom. The van der Waals surface area contributed by atoms with Crippen molar-refractivity contribution >= 4 is 11.8 Å². The van der Waals surface area contributed by atoms with E-state index in [4.69, 9.17) is 10.5 Å². The summed E-state index contributed by atoms with van der Waals surface area (Å²) in [5, 5.41) is 20.0. The number of likely N-dealkylation sites (tertiary alicyclic amines) is 2. The zero-order valence-corrected chi connectivity index (χ0v) is 17.5. The average molecular weight is 400 g/mol. The van der Waals surface area contributed by atoms with Crippen molar-refractivity contribution in [2.24, 2.45) is 17.6 Å². The third-order valence-electron chi connectivity index (χ3n) is 6.05. The van der Waals surface area contributed by atoms with Gasteiger partial charge in [0.1, 0.15) is 0 Å². The standard InChI is InChI=1S/C20H37N3O5/c1-15(2)17(25)22-10-6-20(27,7-11-22)14-28-12-16(3)18(26)23-8-4-19(21,13-24)5-9-23/h15-16,24,27H,4-14,21H2,1-3H3. The van der Waals surface area contributed by atoms with Crippen LogP contribution in [0.15, 0.2) is 0 Å². The van der Waals surface area contributed by atoms with E-state index in [1.165, 1.54) is 0 Å². The number of carbonyl (C=O) groups excluding carboxylic acids is 2. The Morgan fingerprint density at radius 1 is 1.00 bits per heavy atom. The second-order valence-electron chi connectivity index (χ2n) is 8.97.